The smallest absolute Gasteiger partial charge is 0.178 e. The third kappa shape index (κ3) is 1.90. The van der Waals surface area contributed by atoms with E-state index >= 15 is 0 Å². The van der Waals surface area contributed by atoms with Crippen LogP contribution in [-0.4, -0.2) is 12.3 Å². The van der Waals surface area contributed by atoms with Crippen molar-refractivity contribution in [2.75, 3.05) is 6.54 Å². The third-order valence-electron chi connectivity index (χ3n) is 2.01. The van der Waals surface area contributed by atoms with E-state index in [1.54, 1.807) is 0 Å². The molecule has 70 valence electrons. The second-order valence-electron chi connectivity index (χ2n) is 3.02. The Bertz CT molecular complexity index is 347. The Morgan fingerprint density at radius 3 is 2.46 bits per heavy atom. The zero-order valence-electron chi connectivity index (χ0n) is 7.73. The number of benzene rings is 1. The average molecular weight is 198 g/mol. The van der Waals surface area contributed by atoms with Gasteiger partial charge in [-0.05, 0) is 25.0 Å². The minimum absolute atomic E-state index is 0.00398. The Labute approximate surface area is 82.7 Å². The quantitative estimate of drug-likeness (QED) is 0.738. The number of halogens is 1. The highest BCUT2D eigenvalue weighted by Crippen LogP contribution is 2.23. The van der Waals surface area contributed by atoms with Gasteiger partial charge in [-0.2, -0.15) is 0 Å². The highest BCUT2D eigenvalue weighted by atomic mass is 35.5. The standard InChI is InChI=1S/C10H12ClNO/c1-6-3-4-7(2)10(11)9(6)8(13)5-12/h3-4H,5,12H2,1-2H3. The van der Waals surface area contributed by atoms with Crippen LogP contribution in [-0.2, 0) is 0 Å². The molecule has 0 aliphatic heterocycles. The first-order valence-electron chi connectivity index (χ1n) is 4.07. The summed E-state index contributed by atoms with van der Waals surface area (Å²) in [6, 6.07) is 3.77. The van der Waals surface area contributed by atoms with Gasteiger partial charge in [0.05, 0.1) is 11.6 Å². The van der Waals surface area contributed by atoms with Gasteiger partial charge >= 0.3 is 0 Å². The lowest BCUT2D eigenvalue weighted by molar-refractivity contribution is 0.100. The Kier molecular flexibility index (Phi) is 3.07. The summed E-state index contributed by atoms with van der Waals surface area (Å²) in [6.45, 7) is 3.73. The molecule has 0 saturated heterocycles. The van der Waals surface area contributed by atoms with Gasteiger partial charge in [0.2, 0.25) is 0 Å². The molecule has 0 aliphatic rings. The number of ketones is 1. The first-order valence-corrected chi connectivity index (χ1v) is 4.44. The molecule has 0 saturated carbocycles. The van der Waals surface area contributed by atoms with Gasteiger partial charge in [-0.1, -0.05) is 23.7 Å². The summed E-state index contributed by atoms with van der Waals surface area (Å²) in [5.41, 5.74) is 7.63. The van der Waals surface area contributed by atoms with E-state index in [2.05, 4.69) is 0 Å². The van der Waals surface area contributed by atoms with Crippen molar-refractivity contribution in [2.45, 2.75) is 13.8 Å². The molecule has 0 radical (unpaired) electrons. The second-order valence-corrected chi connectivity index (χ2v) is 3.39. The summed E-state index contributed by atoms with van der Waals surface area (Å²) in [6.07, 6.45) is 0. The summed E-state index contributed by atoms with van der Waals surface area (Å²) < 4.78 is 0. The molecule has 0 heterocycles. The highest BCUT2D eigenvalue weighted by Gasteiger charge is 2.12. The van der Waals surface area contributed by atoms with E-state index in [0.717, 1.165) is 11.1 Å². The molecule has 0 spiro atoms. The van der Waals surface area contributed by atoms with Gasteiger partial charge in [-0.25, -0.2) is 0 Å². The van der Waals surface area contributed by atoms with Crippen LogP contribution in [0.2, 0.25) is 5.02 Å². The van der Waals surface area contributed by atoms with E-state index in [-0.39, 0.29) is 12.3 Å². The van der Waals surface area contributed by atoms with Crippen LogP contribution in [0.25, 0.3) is 0 Å². The van der Waals surface area contributed by atoms with E-state index in [1.165, 1.54) is 0 Å². The van der Waals surface area contributed by atoms with Crippen LogP contribution in [0.15, 0.2) is 12.1 Å². The number of hydrogen-bond acceptors (Lipinski definition) is 2. The molecule has 1 aromatic carbocycles. The van der Waals surface area contributed by atoms with Crippen molar-refractivity contribution < 1.29 is 4.79 Å². The third-order valence-corrected chi connectivity index (χ3v) is 2.49. The van der Waals surface area contributed by atoms with Gasteiger partial charge in [-0.15, -0.1) is 0 Å². The molecule has 0 atom stereocenters. The lowest BCUT2D eigenvalue weighted by Crippen LogP contribution is -2.15. The molecule has 0 amide bonds. The maximum absolute atomic E-state index is 11.4. The molecule has 3 heteroatoms. The average Bonchev–Trinajstić information content (AvgIpc) is 2.12. The minimum Gasteiger partial charge on any atom is -0.324 e. The number of aryl methyl sites for hydroxylation is 2. The normalized spacial score (nSPS) is 10.2. The summed E-state index contributed by atoms with van der Waals surface area (Å²) in [5, 5.41) is 0.524. The van der Waals surface area contributed by atoms with Crippen molar-refractivity contribution in [1.29, 1.82) is 0 Å². The fraction of sp³-hybridized carbons (Fsp3) is 0.300. The fourth-order valence-corrected chi connectivity index (χ4v) is 1.54. The van der Waals surface area contributed by atoms with Gasteiger partial charge in [0.15, 0.2) is 5.78 Å². The summed E-state index contributed by atoms with van der Waals surface area (Å²) >= 11 is 6.00. The van der Waals surface area contributed by atoms with Crippen molar-refractivity contribution in [3.05, 3.63) is 33.8 Å². The molecular weight excluding hydrogens is 186 g/mol. The number of hydrogen-bond donors (Lipinski definition) is 1. The number of carbonyl (C=O) groups is 1. The Morgan fingerprint density at radius 2 is 1.92 bits per heavy atom. The summed E-state index contributed by atoms with van der Waals surface area (Å²) in [7, 11) is 0. The van der Waals surface area contributed by atoms with Gasteiger partial charge in [0.1, 0.15) is 0 Å². The van der Waals surface area contributed by atoms with E-state index in [9.17, 15) is 4.79 Å². The number of Topliss-reactive ketones (excluding diaryl/α,β-unsaturated/α-hetero) is 1. The maximum atomic E-state index is 11.4. The van der Waals surface area contributed by atoms with Crippen molar-refractivity contribution in [1.82, 2.24) is 0 Å². The lowest BCUT2D eigenvalue weighted by atomic mass is 10.0. The second kappa shape index (κ2) is 3.90. The number of nitrogens with two attached hydrogens (primary N) is 1. The van der Waals surface area contributed by atoms with Crippen LogP contribution in [0, 0.1) is 13.8 Å². The van der Waals surface area contributed by atoms with E-state index in [0.29, 0.717) is 10.6 Å². The lowest BCUT2D eigenvalue weighted by Gasteiger charge is -2.07. The van der Waals surface area contributed by atoms with Crippen LogP contribution in [0.5, 0.6) is 0 Å². The number of rotatable bonds is 2. The molecule has 0 bridgehead atoms. The molecule has 2 N–H and O–H groups in total. The van der Waals surface area contributed by atoms with E-state index in [1.807, 2.05) is 26.0 Å². The number of carbonyl (C=O) groups excluding carboxylic acids is 1. The zero-order chi connectivity index (χ0) is 10.0. The van der Waals surface area contributed by atoms with Crippen molar-refractivity contribution in [3.8, 4) is 0 Å². The molecule has 1 rings (SSSR count). The minimum atomic E-state index is -0.105. The highest BCUT2D eigenvalue weighted by molar-refractivity contribution is 6.35. The first kappa shape index (κ1) is 10.2. The van der Waals surface area contributed by atoms with Crippen LogP contribution in [0.3, 0.4) is 0 Å². The molecule has 2 nitrogen and oxygen atoms in total. The first-order chi connectivity index (χ1) is 6.07. The van der Waals surface area contributed by atoms with Gasteiger partial charge < -0.3 is 5.73 Å². The summed E-state index contributed by atoms with van der Waals surface area (Å²) in [5.74, 6) is -0.105. The van der Waals surface area contributed by atoms with Crippen molar-refractivity contribution >= 4 is 17.4 Å². The molecule has 0 aromatic heterocycles. The zero-order valence-corrected chi connectivity index (χ0v) is 8.48. The van der Waals surface area contributed by atoms with Gasteiger partial charge in [-0.3, -0.25) is 4.79 Å². The maximum Gasteiger partial charge on any atom is 0.178 e. The van der Waals surface area contributed by atoms with Gasteiger partial charge in [0, 0.05) is 5.56 Å². The van der Waals surface area contributed by atoms with Crippen molar-refractivity contribution in [3.63, 3.8) is 0 Å². The fourth-order valence-electron chi connectivity index (χ4n) is 1.22. The van der Waals surface area contributed by atoms with Crippen LogP contribution >= 0.6 is 11.6 Å². The largest absolute Gasteiger partial charge is 0.324 e. The Balaban J connectivity index is 3.33. The predicted molar refractivity (Wildman–Crippen MR) is 54.3 cm³/mol. The van der Waals surface area contributed by atoms with Crippen molar-refractivity contribution in [2.24, 2.45) is 5.73 Å². The molecule has 13 heavy (non-hydrogen) atoms. The molecule has 0 unspecified atom stereocenters. The Hall–Kier alpha value is -0.860. The Morgan fingerprint density at radius 1 is 1.38 bits per heavy atom. The van der Waals surface area contributed by atoms with E-state index in [4.69, 9.17) is 17.3 Å². The SMILES string of the molecule is Cc1ccc(C)c(C(=O)CN)c1Cl. The topological polar surface area (TPSA) is 43.1 Å². The molecule has 0 fully saturated rings. The molecule has 1 aromatic rings. The summed E-state index contributed by atoms with van der Waals surface area (Å²) in [4.78, 5) is 11.4. The predicted octanol–water partition coefficient (Wildman–Crippen LogP) is 2.10. The van der Waals surface area contributed by atoms with E-state index < -0.39 is 0 Å². The van der Waals surface area contributed by atoms with Crippen LogP contribution in [0.4, 0.5) is 0 Å². The van der Waals surface area contributed by atoms with Gasteiger partial charge in [0.25, 0.3) is 0 Å². The molecule has 0 aliphatic carbocycles. The van der Waals surface area contributed by atoms with Crippen LogP contribution < -0.4 is 5.73 Å². The van der Waals surface area contributed by atoms with Crippen LogP contribution in [0.1, 0.15) is 21.5 Å². The molecular formula is C10H12ClNO. The monoisotopic (exact) mass is 197 g/mol.